The molecule has 0 radical (unpaired) electrons. The van der Waals surface area contributed by atoms with Gasteiger partial charge in [0.15, 0.2) is 0 Å². The van der Waals surface area contributed by atoms with Crippen molar-refractivity contribution in [3.8, 4) is 0 Å². The Morgan fingerprint density at radius 1 is 1.29 bits per heavy atom. The van der Waals surface area contributed by atoms with Gasteiger partial charge in [0.25, 0.3) is 0 Å². The molecule has 2 atom stereocenters. The smallest absolute Gasteiger partial charge is 0.223 e. The molecule has 0 spiro atoms. The van der Waals surface area contributed by atoms with Crippen molar-refractivity contribution in [2.45, 2.75) is 31.6 Å². The predicted molar refractivity (Wildman–Crippen MR) is 78.4 cm³/mol. The maximum atomic E-state index is 12.9. The summed E-state index contributed by atoms with van der Waals surface area (Å²) in [7, 11) is 0. The first-order chi connectivity index (χ1) is 10.2. The van der Waals surface area contributed by atoms with Gasteiger partial charge in [-0.1, -0.05) is 12.1 Å². The van der Waals surface area contributed by atoms with Crippen molar-refractivity contribution in [3.63, 3.8) is 0 Å². The predicted octanol–water partition coefficient (Wildman–Crippen LogP) is 2.86. The van der Waals surface area contributed by atoms with Crippen molar-refractivity contribution < 1.29 is 13.9 Å². The first kappa shape index (κ1) is 14.5. The van der Waals surface area contributed by atoms with Gasteiger partial charge in [-0.05, 0) is 55.2 Å². The third-order valence-corrected chi connectivity index (χ3v) is 4.24. The summed E-state index contributed by atoms with van der Waals surface area (Å²) in [5.41, 5.74) is 1.06. The molecular formula is C17H22FNO2. The molecule has 3 rings (SSSR count). The number of hydrogen-bond acceptors (Lipinski definition) is 2. The van der Waals surface area contributed by atoms with Crippen molar-refractivity contribution in [1.29, 1.82) is 0 Å². The lowest BCUT2D eigenvalue weighted by Gasteiger charge is -2.06. The van der Waals surface area contributed by atoms with E-state index in [1.165, 1.54) is 25.0 Å². The highest BCUT2D eigenvalue weighted by molar-refractivity contribution is 5.82. The number of halogens is 1. The van der Waals surface area contributed by atoms with Gasteiger partial charge in [-0.3, -0.25) is 4.79 Å². The zero-order valence-electron chi connectivity index (χ0n) is 12.2. The van der Waals surface area contributed by atoms with Crippen LogP contribution in [0.3, 0.4) is 0 Å². The van der Waals surface area contributed by atoms with Crippen LogP contribution < -0.4 is 5.32 Å². The van der Waals surface area contributed by atoms with Crippen molar-refractivity contribution in [2.24, 2.45) is 11.8 Å². The molecule has 2 fully saturated rings. The van der Waals surface area contributed by atoms with E-state index in [2.05, 4.69) is 5.32 Å². The van der Waals surface area contributed by atoms with E-state index >= 15 is 0 Å². The number of carbonyl (C=O) groups is 1. The van der Waals surface area contributed by atoms with Crippen molar-refractivity contribution >= 4 is 5.91 Å². The molecule has 0 aliphatic heterocycles. The summed E-state index contributed by atoms with van der Waals surface area (Å²) in [5.74, 6) is 1.00. The van der Waals surface area contributed by atoms with Crippen molar-refractivity contribution in [3.05, 3.63) is 35.6 Å². The van der Waals surface area contributed by atoms with E-state index < -0.39 is 0 Å². The van der Waals surface area contributed by atoms with Gasteiger partial charge in [0.2, 0.25) is 5.91 Å². The van der Waals surface area contributed by atoms with Gasteiger partial charge < -0.3 is 10.1 Å². The minimum Gasteiger partial charge on any atom is -0.381 e. The third-order valence-electron chi connectivity index (χ3n) is 4.24. The van der Waals surface area contributed by atoms with E-state index in [4.69, 9.17) is 4.74 Å². The van der Waals surface area contributed by atoms with Crippen LogP contribution in [0.4, 0.5) is 4.39 Å². The Hall–Kier alpha value is -1.42. The molecule has 2 unspecified atom stereocenters. The van der Waals surface area contributed by atoms with E-state index in [0.717, 1.165) is 37.5 Å². The van der Waals surface area contributed by atoms with Crippen molar-refractivity contribution in [2.75, 3.05) is 19.8 Å². The zero-order chi connectivity index (χ0) is 14.7. The third kappa shape index (κ3) is 4.27. The largest absolute Gasteiger partial charge is 0.381 e. The van der Waals surface area contributed by atoms with E-state index in [1.807, 2.05) is 0 Å². The molecule has 0 aromatic heterocycles. The Morgan fingerprint density at radius 3 is 2.76 bits per heavy atom. The SMILES string of the molecule is O=C(NCCCOCC1CC1)C1CC1c1ccc(F)cc1. The molecule has 0 saturated heterocycles. The fraction of sp³-hybridized carbons (Fsp3) is 0.588. The van der Waals surface area contributed by atoms with Gasteiger partial charge in [0.05, 0.1) is 0 Å². The first-order valence-corrected chi connectivity index (χ1v) is 7.85. The summed E-state index contributed by atoms with van der Waals surface area (Å²) in [4.78, 5) is 12.0. The highest BCUT2D eigenvalue weighted by Crippen LogP contribution is 2.47. The Labute approximate surface area is 124 Å². The van der Waals surface area contributed by atoms with Crippen LogP contribution in [0.25, 0.3) is 0 Å². The summed E-state index contributed by atoms with van der Waals surface area (Å²) < 4.78 is 18.4. The Balaban J connectivity index is 1.30. The maximum Gasteiger partial charge on any atom is 0.223 e. The van der Waals surface area contributed by atoms with Crippen LogP contribution in [0.1, 0.15) is 37.2 Å². The quantitative estimate of drug-likeness (QED) is 0.748. The molecule has 1 aromatic rings. The number of ether oxygens (including phenoxy) is 1. The summed E-state index contributed by atoms with van der Waals surface area (Å²) in [5, 5.41) is 2.97. The molecule has 3 nitrogen and oxygen atoms in total. The normalized spacial score (nSPS) is 23.9. The molecule has 4 heteroatoms. The van der Waals surface area contributed by atoms with Crippen molar-refractivity contribution in [1.82, 2.24) is 5.32 Å². The monoisotopic (exact) mass is 291 g/mol. The number of rotatable bonds is 8. The molecule has 2 saturated carbocycles. The fourth-order valence-electron chi connectivity index (χ4n) is 2.61. The zero-order valence-corrected chi connectivity index (χ0v) is 12.2. The minimum absolute atomic E-state index is 0.0582. The molecule has 1 amide bonds. The Morgan fingerprint density at radius 2 is 2.05 bits per heavy atom. The molecule has 21 heavy (non-hydrogen) atoms. The van der Waals surface area contributed by atoms with E-state index in [9.17, 15) is 9.18 Å². The average molecular weight is 291 g/mol. The maximum absolute atomic E-state index is 12.9. The van der Waals surface area contributed by atoms with E-state index in [0.29, 0.717) is 6.54 Å². The highest BCUT2D eigenvalue weighted by atomic mass is 19.1. The van der Waals surface area contributed by atoms with Crippen LogP contribution in [-0.2, 0) is 9.53 Å². The lowest BCUT2D eigenvalue weighted by molar-refractivity contribution is -0.122. The number of hydrogen-bond donors (Lipinski definition) is 1. The highest BCUT2D eigenvalue weighted by Gasteiger charge is 2.43. The van der Waals surface area contributed by atoms with Gasteiger partial charge in [0, 0.05) is 25.7 Å². The van der Waals surface area contributed by atoms with E-state index in [-0.39, 0.29) is 23.6 Å². The molecule has 1 N–H and O–H groups in total. The lowest BCUT2D eigenvalue weighted by Crippen LogP contribution is -2.27. The van der Waals surface area contributed by atoms with Crippen LogP contribution >= 0.6 is 0 Å². The molecule has 0 heterocycles. The molecule has 2 aliphatic rings. The van der Waals surface area contributed by atoms with Gasteiger partial charge >= 0.3 is 0 Å². The second-order valence-corrected chi connectivity index (χ2v) is 6.16. The average Bonchev–Trinajstić information content (AvgIpc) is 3.37. The molecule has 114 valence electrons. The van der Waals surface area contributed by atoms with Gasteiger partial charge in [-0.2, -0.15) is 0 Å². The molecule has 1 aromatic carbocycles. The van der Waals surface area contributed by atoms with Crippen LogP contribution in [0.2, 0.25) is 0 Å². The summed E-state index contributed by atoms with van der Waals surface area (Å²) in [6.45, 7) is 2.28. The second-order valence-electron chi connectivity index (χ2n) is 6.16. The van der Waals surface area contributed by atoms with Crippen LogP contribution in [0, 0.1) is 17.7 Å². The lowest BCUT2D eigenvalue weighted by atomic mass is 10.1. The number of benzene rings is 1. The summed E-state index contributed by atoms with van der Waals surface area (Å²) in [6.07, 6.45) is 4.36. The molecular weight excluding hydrogens is 269 g/mol. The Bertz CT molecular complexity index is 484. The standard InChI is InChI=1S/C17H22FNO2/c18-14-6-4-13(5-7-14)15-10-16(15)17(20)19-8-1-9-21-11-12-2-3-12/h4-7,12,15-16H,1-3,8-11H2,(H,19,20). The Kier molecular flexibility index (Phi) is 4.54. The van der Waals surface area contributed by atoms with Crippen LogP contribution in [-0.4, -0.2) is 25.7 Å². The van der Waals surface area contributed by atoms with Crippen LogP contribution in [0.15, 0.2) is 24.3 Å². The number of amides is 1. The van der Waals surface area contributed by atoms with Gasteiger partial charge in [-0.25, -0.2) is 4.39 Å². The molecule has 2 aliphatic carbocycles. The van der Waals surface area contributed by atoms with E-state index in [1.54, 1.807) is 12.1 Å². The van der Waals surface area contributed by atoms with Crippen LogP contribution in [0.5, 0.6) is 0 Å². The molecule has 0 bridgehead atoms. The first-order valence-electron chi connectivity index (χ1n) is 7.85. The fourth-order valence-corrected chi connectivity index (χ4v) is 2.61. The summed E-state index contributed by atoms with van der Waals surface area (Å²) in [6, 6.07) is 6.47. The number of nitrogens with one attached hydrogen (secondary N) is 1. The second kappa shape index (κ2) is 6.56. The summed E-state index contributed by atoms with van der Waals surface area (Å²) >= 11 is 0. The van der Waals surface area contributed by atoms with Gasteiger partial charge in [-0.15, -0.1) is 0 Å². The topological polar surface area (TPSA) is 38.3 Å². The minimum atomic E-state index is -0.230. The number of carbonyl (C=O) groups excluding carboxylic acids is 1. The van der Waals surface area contributed by atoms with Gasteiger partial charge in [0.1, 0.15) is 5.82 Å².